The molecule has 0 spiro atoms. The molecular weight excluding hydrogens is 248 g/mol. The molecule has 1 aliphatic rings. The fraction of sp³-hybridized carbons (Fsp3) is 0.471. The molecule has 3 rings (SSSR count). The first-order chi connectivity index (χ1) is 9.75. The van der Waals surface area contributed by atoms with E-state index in [1.807, 2.05) is 30.3 Å². The minimum atomic E-state index is -0.198. The Morgan fingerprint density at radius 1 is 1.35 bits per heavy atom. The zero-order valence-electron chi connectivity index (χ0n) is 12.0. The summed E-state index contributed by atoms with van der Waals surface area (Å²) in [7, 11) is 0. The normalized spacial score (nSPS) is 22.4. The number of carbonyl (C=O) groups excluding carboxylic acids is 1. The van der Waals surface area contributed by atoms with Gasteiger partial charge in [0, 0.05) is 22.9 Å². The summed E-state index contributed by atoms with van der Waals surface area (Å²) < 4.78 is 0. The molecule has 0 saturated carbocycles. The third-order valence-corrected chi connectivity index (χ3v) is 4.51. The van der Waals surface area contributed by atoms with Crippen molar-refractivity contribution in [3.05, 3.63) is 36.0 Å². The van der Waals surface area contributed by atoms with Crippen LogP contribution in [0.5, 0.6) is 0 Å². The third-order valence-electron chi connectivity index (χ3n) is 4.51. The molecule has 2 aromatic rings. The molecular formula is C17H22N2O. The van der Waals surface area contributed by atoms with Gasteiger partial charge in [0.2, 0.25) is 0 Å². The van der Waals surface area contributed by atoms with E-state index in [1.54, 1.807) is 0 Å². The highest BCUT2D eigenvalue weighted by molar-refractivity contribution is 6.03. The lowest BCUT2D eigenvalue weighted by Gasteiger charge is -2.25. The van der Waals surface area contributed by atoms with Crippen molar-refractivity contribution in [1.29, 1.82) is 0 Å². The number of aromatic amines is 1. The topological polar surface area (TPSA) is 44.9 Å². The molecule has 0 aliphatic carbocycles. The number of H-pyrrole nitrogens is 1. The minimum Gasteiger partial charge on any atom is -0.352 e. The monoisotopic (exact) mass is 270 g/mol. The number of Topliss-reactive ketones (excluding diaryl/α,β-unsaturated/α-hetero) is 1. The molecule has 2 N–H and O–H groups in total. The van der Waals surface area contributed by atoms with Gasteiger partial charge in [0.1, 0.15) is 0 Å². The van der Waals surface area contributed by atoms with Crippen LogP contribution >= 0.6 is 0 Å². The minimum absolute atomic E-state index is 0.198. The lowest BCUT2D eigenvalue weighted by molar-refractivity contribution is 0.0795. The zero-order valence-corrected chi connectivity index (χ0v) is 12.0. The van der Waals surface area contributed by atoms with E-state index in [-0.39, 0.29) is 11.2 Å². The summed E-state index contributed by atoms with van der Waals surface area (Å²) >= 11 is 0. The van der Waals surface area contributed by atoms with Crippen molar-refractivity contribution in [1.82, 2.24) is 10.3 Å². The Bertz CT molecular complexity index is 575. The van der Waals surface area contributed by atoms with Crippen LogP contribution in [0.4, 0.5) is 0 Å². The van der Waals surface area contributed by atoms with Gasteiger partial charge in [0.15, 0.2) is 5.78 Å². The number of carbonyl (C=O) groups is 1. The van der Waals surface area contributed by atoms with Gasteiger partial charge in [-0.1, -0.05) is 38.0 Å². The summed E-state index contributed by atoms with van der Waals surface area (Å²) in [5.74, 6) is 0.284. The average Bonchev–Trinajstić information content (AvgIpc) is 3.11. The summed E-state index contributed by atoms with van der Waals surface area (Å²) in [5.41, 5.74) is 1.62. The summed E-state index contributed by atoms with van der Waals surface area (Å²) in [6, 6.07) is 10.1. The number of hydrogen-bond acceptors (Lipinski definition) is 2. The summed E-state index contributed by atoms with van der Waals surface area (Å²) in [6.45, 7) is 3.96. The van der Waals surface area contributed by atoms with Crippen LogP contribution in [0.3, 0.4) is 0 Å². The molecule has 20 heavy (non-hydrogen) atoms. The fourth-order valence-corrected chi connectivity index (χ4v) is 3.26. The van der Waals surface area contributed by atoms with Gasteiger partial charge in [-0.2, -0.15) is 0 Å². The molecule has 1 unspecified atom stereocenters. The Labute approximate surface area is 119 Å². The number of benzene rings is 1. The summed E-state index contributed by atoms with van der Waals surface area (Å²) in [6.07, 6.45) is 4.21. The maximum atomic E-state index is 13.0. The largest absolute Gasteiger partial charge is 0.352 e. The van der Waals surface area contributed by atoms with Crippen molar-refractivity contribution >= 4 is 16.7 Å². The number of fused-ring (bicyclic) bond motifs is 1. The molecule has 1 aliphatic heterocycles. The van der Waals surface area contributed by atoms with E-state index in [1.165, 1.54) is 0 Å². The Morgan fingerprint density at radius 2 is 2.20 bits per heavy atom. The van der Waals surface area contributed by atoms with Gasteiger partial charge in [-0.05, 0) is 31.5 Å². The van der Waals surface area contributed by atoms with E-state index in [9.17, 15) is 4.79 Å². The highest BCUT2D eigenvalue weighted by atomic mass is 16.1. The first kappa shape index (κ1) is 13.4. The molecule has 106 valence electrons. The van der Waals surface area contributed by atoms with Gasteiger partial charge in [0.05, 0.1) is 5.69 Å². The van der Waals surface area contributed by atoms with Crippen molar-refractivity contribution < 1.29 is 4.79 Å². The Kier molecular flexibility index (Phi) is 3.62. The van der Waals surface area contributed by atoms with Crippen molar-refractivity contribution in [2.24, 2.45) is 5.41 Å². The molecule has 1 aromatic carbocycles. The van der Waals surface area contributed by atoms with Gasteiger partial charge in [-0.3, -0.25) is 4.79 Å². The van der Waals surface area contributed by atoms with Crippen LogP contribution in [0.2, 0.25) is 0 Å². The quantitative estimate of drug-likeness (QED) is 0.816. The highest BCUT2D eigenvalue weighted by Crippen LogP contribution is 2.35. The number of unbranched alkanes of at least 4 members (excludes halogenated alkanes) is 1. The van der Waals surface area contributed by atoms with E-state index in [2.05, 4.69) is 17.2 Å². The predicted molar refractivity (Wildman–Crippen MR) is 82.1 cm³/mol. The van der Waals surface area contributed by atoms with E-state index in [0.29, 0.717) is 0 Å². The number of ketones is 1. The van der Waals surface area contributed by atoms with Crippen LogP contribution in [-0.2, 0) is 0 Å². The van der Waals surface area contributed by atoms with Crippen LogP contribution in [0.1, 0.15) is 43.1 Å². The van der Waals surface area contributed by atoms with Gasteiger partial charge in [-0.25, -0.2) is 0 Å². The van der Waals surface area contributed by atoms with E-state index in [4.69, 9.17) is 0 Å². The zero-order chi connectivity index (χ0) is 14.0. The number of rotatable bonds is 5. The van der Waals surface area contributed by atoms with Crippen LogP contribution in [0.15, 0.2) is 30.3 Å². The van der Waals surface area contributed by atoms with E-state index >= 15 is 0 Å². The van der Waals surface area contributed by atoms with Gasteiger partial charge in [0.25, 0.3) is 0 Å². The maximum Gasteiger partial charge on any atom is 0.186 e. The Morgan fingerprint density at radius 3 is 2.90 bits per heavy atom. The van der Waals surface area contributed by atoms with Crippen LogP contribution in [0, 0.1) is 5.41 Å². The molecule has 1 atom stereocenters. The molecule has 1 fully saturated rings. The Hall–Kier alpha value is -1.61. The molecule has 0 amide bonds. The highest BCUT2D eigenvalue weighted by Gasteiger charge is 2.41. The maximum absolute atomic E-state index is 13.0. The first-order valence-corrected chi connectivity index (χ1v) is 7.58. The lowest BCUT2D eigenvalue weighted by Crippen LogP contribution is -2.33. The van der Waals surface area contributed by atoms with Crippen LogP contribution in [0.25, 0.3) is 10.9 Å². The number of aromatic nitrogens is 1. The van der Waals surface area contributed by atoms with E-state index < -0.39 is 0 Å². The first-order valence-electron chi connectivity index (χ1n) is 7.58. The second-order valence-electron chi connectivity index (χ2n) is 5.91. The van der Waals surface area contributed by atoms with Crippen molar-refractivity contribution in [3.63, 3.8) is 0 Å². The molecule has 0 bridgehead atoms. The second kappa shape index (κ2) is 5.41. The second-order valence-corrected chi connectivity index (χ2v) is 5.91. The van der Waals surface area contributed by atoms with Gasteiger partial charge >= 0.3 is 0 Å². The number of hydrogen-bond donors (Lipinski definition) is 2. The molecule has 2 heterocycles. The van der Waals surface area contributed by atoms with Gasteiger partial charge in [-0.15, -0.1) is 0 Å². The molecule has 1 aromatic heterocycles. The van der Waals surface area contributed by atoms with Crippen LogP contribution < -0.4 is 5.32 Å². The molecule has 1 saturated heterocycles. The SMILES string of the molecule is CCCCC1(C(=O)c2cc3ccccc3[nH]2)CCNC1. The lowest BCUT2D eigenvalue weighted by atomic mass is 9.77. The smallest absolute Gasteiger partial charge is 0.186 e. The Balaban J connectivity index is 1.92. The van der Waals surface area contributed by atoms with Gasteiger partial charge < -0.3 is 10.3 Å². The van der Waals surface area contributed by atoms with Crippen molar-refractivity contribution in [3.8, 4) is 0 Å². The van der Waals surface area contributed by atoms with Crippen molar-refractivity contribution in [2.75, 3.05) is 13.1 Å². The third kappa shape index (κ3) is 2.27. The predicted octanol–water partition coefficient (Wildman–Crippen LogP) is 3.52. The molecule has 0 radical (unpaired) electrons. The van der Waals surface area contributed by atoms with Crippen molar-refractivity contribution in [2.45, 2.75) is 32.6 Å². The number of para-hydroxylation sites is 1. The summed E-state index contributed by atoms with van der Waals surface area (Å²) in [5, 5.41) is 4.49. The molecule has 3 nitrogen and oxygen atoms in total. The summed E-state index contributed by atoms with van der Waals surface area (Å²) in [4.78, 5) is 16.3. The average molecular weight is 270 g/mol. The standard InChI is InChI=1S/C17H22N2O/c1-2-3-8-17(9-10-18-12-17)16(20)15-11-13-6-4-5-7-14(13)19-15/h4-7,11,18-19H,2-3,8-10,12H2,1H3. The van der Waals surface area contributed by atoms with Crippen LogP contribution in [-0.4, -0.2) is 23.9 Å². The fourth-order valence-electron chi connectivity index (χ4n) is 3.26. The molecule has 3 heteroatoms. The van der Waals surface area contributed by atoms with E-state index in [0.717, 1.165) is 55.4 Å². The number of nitrogens with one attached hydrogen (secondary N) is 2.